The maximum Gasteiger partial charge on any atom is 0.229 e. The first-order valence-electron chi connectivity index (χ1n) is 5.29. The lowest BCUT2D eigenvalue weighted by atomic mass is 10.1. The summed E-state index contributed by atoms with van der Waals surface area (Å²) in [5.41, 5.74) is 5.44. The summed E-state index contributed by atoms with van der Waals surface area (Å²) in [5.74, 6) is 1.71. The van der Waals surface area contributed by atoms with E-state index in [-0.39, 0.29) is 5.92 Å². The topological polar surface area (TPSA) is 74.2 Å². The quantitative estimate of drug-likeness (QED) is 0.734. The van der Waals surface area contributed by atoms with E-state index < -0.39 is 0 Å². The summed E-state index contributed by atoms with van der Waals surface area (Å²) in [5, 5.41) is 3.89. The molecule has 15 heavy (non-hydrogen) atoms. The van der Waals surface area contributed by atoms with Crippen LogP contribution in [0.3, 0.4) is 0 Å². The van der Waals surface area contributed by atoms with E-state index in [0.717, 1.165) is 12.8 Å². The number of hydrogen-bond acceptors (Lipinski definition) is 5. The third kappa shape index (κ3) is 3.97. The molecule has 0 spiro atoms. The summed E-state index contributed by atoms with van der Waals surface area (Å²) in [4.78, 5) is 4.30. The van der Waals surface area contributed by atoms with Crippen molar-refractivity contribution >= 4 is 0 Å². The Kier molecular flexibility index (Phi) is 5.28. The molecule has 5 nitrogen and oxygen atoms in total. The van der Waals surface area contributed by atoms with E-state index in [1.165, 1.54) is 0 Å². The minimum Gasteiger partial charge on any atom is -0.384 e. The second-order valence-corrected chi connectivity index (χ2v) is 3.62. The molecule has 0 fully saturated rings. The third-order valence-corrected chi connectivity index (χ3v) is 2.28. The summed E-state index contributed by atoms with van der Waals surface area (Å²) in [6, 6.07) is 0. The Bertz CT molecular complexity index is 275. The van der Waals surface area contributed by atoms with Crippen LogP contribution in [0.1, 0.15) is 37.4 Å². The summed E-state index contributed by atoms with van der Waals surface area (Å²) in [6.45, 7) is 3.40. The highest BCUT2D eigenvalue weighted by atomic mass is 16.5. The molecule has 0 radical (unpaired) electrons. The predicted molar refractivity (Wildman–Crippen MR) is 56.6 cm³/mol. The fraction of sp³-hybridized carbons (Fsp3) is 0.800. The van der Waals surface area contributed by atoms with Crippen LogP contribution in [0.4, 0.5) is 0 Å². The molecule has 1 atom stereocenters. The van der Waals surface area contributed by atoms with E-state index in [1.807, 2.05) is 0 Å². The summed E-state index contributed by atoms with van der Waals surface area (Å²) >= 11 is 0. The molecule has 0 amide bonds. The van der Waals surface area contributed by atoms with E-state index in [1.54, 1.807) is 7.11 Å². The van der Waals surface area contributed by atoms with Crippen molar-refractivity contribution in [3.05, 3.63) is 11.7 Å². The maximum absolute atomic E-state index is 5.44. The average Bonchev–Trinajstić information content (AvgIpc) is 2.71. The standard InChI is InChI=1S/C10H19N3O2/c1-8(4-3-6-11)10-12-9(13-15-10)5-7-14-2/h8H,3-7,11H2,1-2H3. The molecule has 0 saturated heterocycles. The number of hydrogen-bond donors (Lipinski definition) is 1. The van der Waals surface area contributed by atoms with Crippen LogP contribution in [0.2, 0.25) is 0 Å². The van der Waals surface area contributed by atoms with E-state index >= 15 is 0 Å². The van der Waals surface area contributed by atoms with Gasteiger partial charge in [0.05, 0.1) is 6.61 Å². The van der Waals surface area contributed by atoms with Crippen LogP contribution in [0.15, 0.2) is 4.52 Å². The van der Waals surface area contributed by atoms with Gasteiger partial charge in [-0.3, -0.25) is 0 Å². The Morgan fingerprint density at radius 3 is 3.00 bits per heavy atom. The fourth-order valence-corrected chi connectivity index (χ4v) is 1.31. The van der Waals surface area contributed by atoms with Crippen molar-refractivity contribution in [3.63, 3.8) is 0 Å². The molecule has 1 aromatic rings. The normalized spacial score (nSPS) is 13.0. The van der Waals surface area contributed by atoms with Crippen LogP contribution in [0.25, 0.3) is 0 Å². The van der Waals surface area contributed by atoms with E-state index in [0.29, 0.717) is 31.3 Å². The van der Waals surface area contributed by atoms with Gasteiger partial charge in [-0.1, -0.05) is 12.1 Å². The summed E-state index contributed by atoms with van der Waals surface area (Å²) in [7, 11) is 1.66. The van der Waals surface area contributed by atoms with Gasteiger partial charge in [-0.25, -0.2) is 0 Å². The molecule has 0 aliphatic rings. The Hall–Kier alpha value is -0.940. The number of nitrogens with zero attached hydrogens (tertiary/aromatic N) is 2. The zero-order valence-electron chi connectivity index (χ0n) is 9.40. The second-order valence-electron chi connectivity index (χ2n) is 3.62. The minimum atomic E-state index is 0.289. The second kappa shape index (κ2) is 6.53. The smallest absolute Gasteiger partial charge is 0.229 e. The van der Waals surface area contributed by atoms with E-state index in [4.69, 9.17) is 15.0 Å². The lowest BCUT2D eigenvalue weighted by molar-refractivity contribution is 0.199. The molecule has 1 aromatic heterocycles. The van der Waals surface area contributed by atoms with Crippen LogP contribution in [0, 0.1) is 0 Å². The molecule has 2 N–H and O–H groups in total. The fourth-order valence-electron chi connectivity index (χ4n) is 1.31. The Balaban J connectivity index is 2.43. The van der Waals surface area contributed by atoms with Crippen molar-refractivity contribution in [1.29, 1.82) is 0 Å². The molecule has 0 saturated carbocycles. The number of rotatable bonds is 7. The van der Waals surface area contributed by atoms with Gasteiger partial charge in [0.15, 0.2) is 5.82 Å². The highest BCUT2D eigenvalue weighted by Crippen LogP contribution is 2.18. The van der Waals surface area contributed by atoms with Gasteiger partial charge in [-0.2, -0.15) is 4.98 Å². The number of aromatic nitrogens is 2. The molecule has 1 heterocycles. The molecule has 0 aromatic carbocycles. The first-order valence-corrected chi connectivity index (χ1v) is 5.29. The summed E-state index contributed by atoms with van der Waals surface area (Å²) in [6.07, 6.45) is 2.67. The largest absolute Gasteiger partial charge is 0.384 e. The monoisotopic (exact) mass is 213 g/mol. The van der Waals surface area contributed by atoms with Crippen molar-refractivity contribution in [2.24, 2.45) is 5.73 Å². The Morgan fingerprint density at radius 1 is 1.53 bits per heavy atom. The van der Waals surface area contributed by atoms with Gasteiger partial charge in [-0.05, 0) is 19.4 Å². The van der Waals surface area contributed by atoms with Crippen LogP contribution < -0.4 is 5.73 Å². The number of nitrogens with two attached hydrogens (primary N) is 1. The van der Waals surface area contributed by atoms with Crippen molar-refractivity contribution < 1.29 is 9.26 Å². The molecule has 1 unspecified atom stereocenters. The molecule has 0 aliphatic heterocycles. The van der Waals surface area contributed by atoms with E-state index in [2.05, 4.69) is 17.1 Å². The number of ether oxygens (including phenoxy) is 1. The van der Waals surface area contributed by atoms with Crippen LogP contribution >= 0.6 is 0 Å². The molecule has 0 aliphatic carbocycles. The van der Waals surface area contributed by atoms with Gasteiger partial charge < -0.3 is 15.0 Å². The third-order valence-electron chi connectivity index (χ3n) is 2.28. The Labute approximate surface area is 90.0 Å². The lowest BCUT2D eigenvalue weighted by Crippen LogP contribution is -2.02. The highest BCUT2D eigenvalue weighted by molar-refractivity contribution is 4.92. The zero-order valence-corrected chi connectivity index (χ0v) is 9.40. The predicted octanol–water partition coefficient (Wildman–Crippen LogP) is 1.10. The van der Waals surface area contributed by atoms with E-state index in [9.17, 15) is 0 Å². The summed E-state index contributed by atoms with van der Waals surface area (Å²) < 4.78 is 10.1. The van der Waals surface area contributed by atoms with Gasteiger partial charge in [0.2, 0.25) is 5.89 Å². The van der Waals surface area contributed by atoms with Crippen molar-refractivity contribution in [1.82, 2.24) is 10.1 Å². The minimum absolute atomic E-state index is 0.289. The van der Waals surface area contributed by atoms with Crippen LogP contribution in [-0.4, -0.2) is 30.4 Å². The zero-order chi connectivity index (χ0) is 11.1. The Morgan fingerprint density at radius 2 is 2.33 bits per heavy atom. The molecule has 86 valence electrons. The maximum atomic E-state index is 5.44. The molecular weight excluding hydrogens is 194 g/mol. The van der Waals surface area contributed by atoms with Gasteiger partial charge >= 0.3 is 0 Å². The molecular formula is C10H19N3O2. The first kappa shape index (κ1) is 12.1. The van der Waals surface area contributed by atoms with Gasteiger partial charge in [0, 0.05) is 19.4 Å². The molecule has 0 bridgehead atoms. The first-order chi connectivity index (χ1) is 7.27. The molecule has 5 heteroatoms. The average molecular weight is 213 g/mol. The highest BCUT2D eigenvalue weighted by Gasteiger charge is 2.13. The van der Waals surface area contributed by atoms with Crippen molar-refractivity contribution in [2.75, 3.05) is 20.3 Å². The van der Waals surface area contributed by atoms with Gasteiger partial charge in [-0.15, -0.1) is 0 Å². The van der Waals surface area contributed by atoms with Crippen LogP contribution in [0.5, 0.6) is 0 Å². The van der Waals surface area contributed by atoms with Crippen molar-refractivity contribution in [3.8, 4) is 0 Å². The molecule has 1 rings (SSSR count). The lowest BCUT2D eigenvalue weighted by Gasteiger charge is -2.03. The number of methoxy groups -OCH3 is 1. The van der Waals surface area contributed by atoms with Crippen LogP contribution in [-0.2, 0) is 11.2 Å². The van der Waals surface area contributed by atoms with Gasteiger partial charge in [0.1, 0.15) is 0 Å². The van der Waals surface area contributed by atoms with Gasteiger partial charge in [0.25, 0.3) is 0 Å². The SMILES string of the molecule is COCCc1noc(C(C)CCCN)n1. The van der Waals surface area contributed by atoms with Crippen molar-refractivity contribution in [2.45, 2.75) is 32.1 Å².